The molecule has 0 aliphatic rings. The van der Waals surface area contributed by atoms with Crippen LogP contribution in [0.4, 0.5) is 0 Å². The van der Waals surface area contributed by atoms with E-state index in [0.29, 0.717) is 5.56 Å². The number of pyridine rings is 2. The van der Waals surface area contributed by atoms with Gasteiger partial charge in [-0.3, -0.25) is 14.6 Å². The number of nitrogens with zero attached hydrogens (tertiary/aromatic N) is 1. The number of aromatic nitrogens is 2. The Bertz CT molecular complexity index is 526. The maximum atomic E-state index is 10.9. The number of aromatic amines is 1. The fourth-order valence-corrected chi connectivity index (χ4v) is 1.34. The quantitative estimate of drug-likeness (QED) is 0.742. The monoisotopic (exact) mass is 200 g/mol. The highest BCUT2D eigenvalue weighted by Gasteiger charge is 2.03. The molecule has 2 rings (SSSR count). The van der Waals surface area contributed by atoms with Gasteiger partial charge in [-0.1, -0.05) is 0 Å². The first-order valence-electron chi connectivity index (χ1n) is 4.39. The van der Waals surface area contributed by atoms with Crippen molar-refractivity contribution in [3.05, 3.63) is 52.7 Å². The molecule has 15 heavy (non-hydrogen) atoms. The predicted molar refractivity (Wildman–Crippen MR) is 55.7 cm³/mol. The summed E-state index contributed by atoms with van der Waals surface area (Å²) >= 11 is 0. The molecule has 0 unspecified atom stereocenters. The van der Waals surface area contributed by atoms with Crippen LogP contribution in [0.5, 0.6) is 0 Å². The van der Waals surface area contributed by atoms with Gasteiger partial charge in [-0.25, -0.2) is 0 Å². The Labute approximate surface area is 85.6 Å². The van der Waals surface area contributed by atoms with Crippen LogP contribution < -0.4 is 5.56 Å². The van der Waals surface area contributed by atoms with E-state index in [-0.39, 0.29) is 5.56 Å². The molecule has 74 valence electrons. The number of rotatable bonds is 2. The van der Waals surface area contributed by atoms with Crippen LogP contribution in [0.2, 0.25) is 0 Å². The van der Waals surface area contributed by atoms with Gasteiger partial charge in [0.05, 0.1) is 0 Å². The molecule has 0 fully saturated rings. The average molecular weight is 200 g/mol. The maximum Gasteiger partial charge on any atom is 0.247 e. The molecule has 4 heteroatoms. The molecule has 0 aliphatic heterocycles. The van der Waals surface area contributed by atoms with E-state index in [4.69, 9.17) is 0 Å². The highest BCUT2D eigenvalue weighted by atomic mass is 16.1. The molecule has 1 N–H and O–H groups in total. The molecule has 0 amide bonds. The second-order valence-corrected chi connectivity index (χ2v) is 3.02. The first kappa shape index (κ1) is 9.33. The molecule has 0 radical (unpaired) electrons. The molecular weight excluding hydrogens is 192 g/mol. The third kappa shape index (κ3) is 1.83. The zero-order valence-electron chi connectivity index (χ0n) is 7.81. The minimum atomic E-state index is -0.166. The van der Waals surface area contributed by atoms with Gasteiger partial charge in [-0.2, -0.15) is 0 Å². The summed E-state index contributed by atoms with van der Waals surface area (Å²) in [5, 5.41) is 0. The zero-order valence-corrected chi connectivity index (χ0v) is 7.81. The molecule has 0 atom stereocenters. The van der Waals surface area contributed by atoms with E-state index < -0.39 is 0 Å². The van der Waals surface area contributed by atoms with Crippen molar-refractivity contribution in [3.8, 4) is 11.1 Å². The van der Waals surface area contributed by atoms with Crippen LogP contribution >= 0.6 is 0 Å². The van der Waals surface area contributed by atoms with Crippen LogP contribution in [-0.2, 0) is 0 Å². The molecule has 0 aromatic carbocycles. The van der Waals surface area contributed by atoms with E-state index >= 15 is 0 Å². The maximum absolute atomic E-state index is 10.9. The molecule has 0 saturated carbocycles. The summed E-state index contributed by atoms with van der Waals surface area (Å²) in [5.74, 6) is 0. The summed E-state index contributed by atoms with van der Waals surface area (Å²) in [7, 11) is 0. The third-order valence-electron chi connectivity index (χ3n) is 2.07. The van der Waals surface area contributed by atoms with Crippen LogP contribution in [0.15, 0.2) is 41.6 Å². The fraction of sp³-hybridized carbons (Fsp3) is 0. The molecular formula is C11H8N2O2. The number of hydrogen-bond donors (Lipinski definition) is 1. The lowest BCUT2D eigenvalue weighted by Crippen LogP contribution is -2.02. The van der Waals surface area contributed by atoms with Crippen molar-refractivity contribution in [2.45, 2.75) is 0 Å². The van der Waals surface area contributed by atoms with Crippen LogP contribution in [0.3, 0.4) is 0 Å². The number of H-pyrrole nitrogens is 1. The minimum absolute atomic E-state index is 0.166. The molecule has 0 spiro atoms. The van der Waals surface area contributed by atoms with Gasteiger partial charge in [0, 0.05) is 30.2 Å². The average Bonchev–Trinajstić information content (AvgIpc) is 2.30. The van der Waals surface area contributed by atoms with Gasteiger partial charge in [0.2, 0.25) is 5.56 Å². The molecule has 0 bridgehead atoms. The molecule has 0 aliphatic carbocycles. The molecule has 0 saturated heterocycles. The molecule has 2 heterocycles. The summed E-state index contributed by atoms with van der Waals surface area (Å²) in [6.07, 6.45) is 5.42. The van der Waals surface area contributed by atoms with Gasteiger partial charge in [0.25, 0.3) is 0 Å². The highest BCUT2D eigenvalue weighted by Crippen LogP contribution is 2.19. The Morgan fingerprint density at radius 1 is 1.27 bits per heavy atom. The van der Waals surface area contributed by atoms with Gasteiger partial charge in [0.15, 0.2) is 6.29 Å². The van der Waals surface area contributed by atoms with Gasteiger partial charge >= 0.3 is 0 Å². The number of nitrogens with one attached hydrogen (secondary N) is 1. The van der Waals surface area contributed by atoms with Gasteiger partial charge < -0.3 is 4.98 Å². The van der Waals surface area contributed by atoms with E-state index in [9.17, 15) is 9.59 Å². The second kappa shape index (κ2) is 3.88. The SMILES string of the molecule is O=Cc1cnccc1-c1ccc(=O)[nH]c1. The number of hydrogen-bond acceptors (Lipinski definition) is 3. The third-order valence-corrected chi connectivity index (χ3v) is 2.07. The van der Waals surface area contributed by atoms with Crippen molar-refractivity contribution in [2.24, 2.45) is 0 Å². The summed E-state index contributed by atoms with van der Waals surface area (Å²) in [4.78, 5) is 28.0. The van der Waals surface area contributed by atoms with E-state index in [1.165, 1.54) is 12.3 Å². The lowest BCUT2D eigenvalue weighted by molar-refractivity contribution is 0.112. The van der Waals surface area contributed by atoms with E-state index in [1.807, 2.05) is 0 Å². The predicted octanol–water partition coefficient (Wildman–Crippen LogP) is 1.25. The first-order valence-corrected chi connectivity index (χ1v) is 4.39. The molecule has 2 aromatic heterocycles. The Hall–Kier alpha value is -2.23. The summed E-state index contributed by atoms with van der Waals surface area (Å²) in [6, 6.07) is 4.82. The van der Waals surface area contributed by atoms with Crippen molar-refractivity contribution in [1.29, 1.82) is 0 Å². The Balaban J connectivity index is 2.58. The normalized spacial score (nSPS) is 9.87. The number of aldehydes is 1. The first-order chi connectivity index (χ1) is 7.31. The summed E-state index contributed by atoms with van der Waals surface area (Å²) in [5.41, 5.74) is 1.89. The largest absolute Gasteiger partial charge is 0.328 e. The number of carbonyl (C=O) groups is 1. The van der Waals surface area contributed by atoms with Crippen molar-refractivity contribution in [2.75, 3.05) is 0 Å². The zero-order chi connectivity index (χ0) is 10.7. The molecule has 4 nitrogen and oxygen atoms in total. The van der Waals surface area contributed by atoms with Gasteiger partial charge in [-0.05, 0) is 23.3 Å². The van der Waals surface area contributed by atoms with Crippen LogP contribution in [0.1, 0.15) is 10.4 Å². The van der Waals surface area contributed by atoms with Crippen LogP contribution in [0, 0.1) is 0 Å². The Kier molecular flexibility index (Phi) is 2.41. The lowest BCUT2D eigenvalue weighted by Gasteiger charge is -2.02. The van der Waals surface area contributed by atoms with E-state index in [2.05, 4.69) is 9.97 Å². The fourth-order valence-electron chi connectivity index (χ4n) is 1.34. The lowest BCUT2D eigenvalue weighted by atomic mass is 10.0. The van der Waals surface area contributed by atoms with Gasteiger partial charge in [-0.15, -0.1) is 0 Å². The Morgan fingerprint density at radius 2 is 2.13 bits per heavy atom. The standard InChI is InChI=1S/C11H8N2O2/c14-7-9-5-12-4-3-10(9)8-1-2-11(15)13-6-8/h1-7H,(H,13,15). The van der Waals surface area contributed by atoms with Crippen molar-refractivity contribution >= 4 is 6.29 Å². The molecule has 2 aromatic rings. The highest BCUT2D eigenvalue weighted by molar-refractivity contribution is 5.86. The smallest absolute Gasteiger partial charge is 0.247 e. The number of carbonyl (C=O) groups excluding carboxylic acids is 1. The van der Waals surface area contributed by atoms with E-state index in [1.54, 1.807) is 24.5 Å². The van der Waals surface area contributed by atoms with Crippen molar-refractivity contribution in [1.82, 2.24) is 9.97 Å². The van der Waals surface area contributed by atoms with Crippen LogP contribution in [-0.4, -0.2) is 16.3 Å². The summed E-state index contributed by atoms with van der Waals surface area (Å²) in [6.45, 7) is 0. The van der Waals surface area contributed by atoms with Crippen molar-refractivity contribution in [3.63, 3.8) is 0 Å². The van der Waals surface area contributed by atoms with Crippen LogP contribution in [0.25, 0.3) is 11.1 Å². The van der Waals surface area contributed by atoms with E-state index in [0.717, 1.165) is 17.4 Å². The summed E-state index contributed by atoms with van der Waals surface area (Å²) < 4.78 is 0. The Morgan fingerprint density at radius 3 is 2.80 bits per heavy atom. The topological polar surface area (TPSA) is 62.8 Å². The minimum Gasteiger partial charge on any atom is -0.328 e. The second-order valence-electron chi connectivity index (χ2n) is 3.02. The van der Waals surface area contributed by atoms with Gasteiger partial charge in [0.1, 0.15) is 0 Å². The van der Waals surface area contributed by atoms with Crippen molar-refractivity contribution < 1.29 is 4.79 Å².